The van der Waals surface area contributed by atoms with Gasteiger partial charge >= 0.3 is 0 Å². The Bertz CT molecular complexity index is 921. The molecule has 1 atom stereocenters. The summed E-state index contributed by atoms with van der Waals surface area (Å²) in [6.45, 7) is 0.656. The maximum atomic E-state index is 13.6. The van der Waals surface area contributed by atoms with Crippen LogP contribution in [0, 0.1) is 11.6 Å². The first-order valence-electron chi connectivity index (χ1n) is 9.38. The molecule has 2 heterocycles. The maximum absolute atomic E-state index is 13.6. The molecule has 2 aromatic rings. The smallest absolute Gasteiger partial charge is 0.263 e. The summed E-state index contributed by atoms with van der Waals surface area (Å²) in [6, 6.07) is 5.56. The highest BCUT2D eigenvalue weighted by molar-refractivity contribution is 6.01. The molecule has 0 saturated carbocycles. The number of rotatable bonds is 5. The van der Waals surface area contributed by atoms with Crippen molar-refractivity contribution in [1.29, 1.82) is 0 Å². The van der Waals surface area contributed by atoms with Crippen molar-refractivity contribution in [2.45, 2.75) is 12.6 Å². The minimum atomic E-state index is -1.29. The molecule has 0 radical (unpaired) electrons. The minimum Gasteiger partial charge on any atom is -0.351 e. The maximum Gasteiger partial charge on any atom is 0.263 e. The van der Waals surface area contributed by atoms with Crippen LogP contribution in [0.2, 0.25) is 0 Å². The van der Waals surface area contributed by atoms with Gasteiger partial charge in [-0.05, 0) is 30.7 Å². The standard InChI is InChI=1S/C20H21F2N5O3/c21-15-9-14(10-16(22)11-15)20(30)27-8-2-7-26(18(27)17(28)25-6-4-23)19(29)13-3-1-5-24-12-13/h1,3,5,9-12,18H,2,4,6-8,23H2,(H,25,28). The average Bonchev–Trinajstić information content (AvgIpc) is 2.75. The van der Waals surface area contributed by atoms with Gasteiger partial charge in [-0.1, -0.05) is 0 Å². The van der Waals surface area contributed by atoms with Gasteiger partial charge in [0, 0.05) is 50.2 Å². The van der Waals surface area contributed by atoms with Gasteiger partial charge < -0.3 is 20.9 Å². The number of nitrogens with zero attached hydrogens (tertiary/aromatic N) is 3. The first kappa shape index (κ1) is 21.3. The van der Waals surface area contributed by atoms with E-state index >= 15 is 0 Å². The number of hydrogen-bond acceptors (Lipinski definition) is 5. The molecular formula is C20H21F2N5O3. The zero-order valence-corrected chi connectivity index (χ0v) is 16.1. The molecule has 3 N–H and O–H groups in total. The largest absolute Gasteiger partial charge is 0.351 e. The molecule has 158 valence electrons. The normalized spacial score (nSPS) is 16.3. The van der Waals surface area contributed by atoms with Gasteiger partial charge in [-0.25, -0.2) is 8.78 Å². The number of carbonyl (C=O) groups is 3. The first-order valence-corrected chi connectivity index (χ1v) is 9.38. The first-order chi connectivity index (χ1) is 14.4. The zero-order valence-electron chi connectivity index (χ0n) is 16.1. The lowest BCUT2D eigenvalue weighted by Crippen LogP contribution is -2.63. The second-order valence-corrected chi connectivity index (χ2v) is 6.70. The van der Waals surface area contributed by atoms with Crippen molar-refractivity contribution in [3.63, 3.8) is 0 Å². The molecule has 1 aromatic heterocycles. The van der Waals surface area contributed by atoms with Crippen molar-refractivity contribution in [3.05, 3.63) is 65.5 Å². The van der Waals surface area contributed by atoms with E-state index in [1.807, 2.05) is 0 Å². The van der Waals surface area contributed by atoms with Gasteiger partial charge in [0.25, 0.3) is 17.7 Å². The minimum absolute atomic E-state index is 0.133. The van der Waals surface area contributed by atoms with Crippen LogP contribution in [0.3, 0.4) is 0 Å². The highest BCUT2D eigenvalue weighted by Crippen LogP contribution is 2.21. The van der Waals surface area contributed by atoms with E-state index in [1.165, 1.54) is 17.3 Å². The van der Waals surface area contributed by atoms with Gasteiger partial charge in [0.05, 0.1) is 5.56 Å². The molecule has 30 heavy (non-hydrogen) atoms. The molecule has 10 heteroatoms. The second-order valence-electron chi connectivity index (χ2n) is 6.70. The molecule has 1 fully saturated rings. The number of amides is 3. The van der Waals surface area contributed by atoms with Crippen molar-refractivity contribution < 1.29 is 23.2 Å². The van der Waals surface area contributed by atoms with E-state index in [1.54, 1.807) is 12.1 Å². The number of halogens is 2. The highest BCUT2D eigenvalue weighted by Gasteiger charge is 2.40. The molecule has 3 rings (SSSR count). The lowest BCUT2D eigenvalue weighted by molar-refractivity contribution is -0.132. The Morgan fingerprint density at radius 2 is 1.70 bits per heavy atom. The van der Waals surface area contributed by atoms with Gasteiger partial charge in [0.1, 0.15) is 11.6 Å². The third kappa shape index (κ3) is 4.60. The van der Waals surface area contributed by atoms with Gasteiger partial charge in [-0.3, -0.25) is 19.4 Å². The van der Waals surface area contributed by atoms with Crippen LogP contribution in [-0.2, 0) is 4.79 Å². The molecule has 1 saturated heterocycles. The van der Waals surface area contributed by atoms with Crippen LogP contribution in [0.25, 0.3) is 0 Å². The van der Waals surface area contributed by atoms with Gasteiger partial charge in [-0.15, -0.1) is 0 Å². The van der Waals surface area contributed by atoms with Crippen LogP contribution in [0.1, 0.15) is 27.1 Å². The highest BCUT2D eigenvalue weighted by atomic mass is 19.1. The third-order valence-corrected chi connectivity index (χ3v) is 4.61. The van der Waals surface area contributed by atoms with Crippen LogP contribution < -0.4 is 11.1 Å². The molecule has 0 aliphatic carbocycles. The van der Waals surface area contributed by atoms with Gasteiger partial charge in [-0.2, -0.15) is 0 Å². The Hall–Kier alpha value is -3.40. The van der Waals surface area contributed by atoms with Crippen LogP contribution in [0.15, 0.2) is 42.7 Å². The number of carbonyl (C=O) groups excluding carboxylic acids is 3. The van der Waals surface area contributed by atoms with E-state index in [0.717, 1.165) is 17.0 Å². The number of benzene rings is 1. The molecular weight excluding hydrogens is 396 g/mol. The van der Waals surface area contributed by atoms with E-state index in [9.17, 15) is 23.2 Å². The summed E-state index contributed by atoms with van der Waals surface area (Å²) in [5.41, 5.74) is 5.44. The van der Waals surface area contributed by atoms with E-state index < -0.39 is 35.5 Å². The molecule has 8 nitrogen and oxygen atoms in total. The number of nitrogens with one attached hydrogen (secondary N) is 1. The van der Waals surface area contributed by atoms with Crippen molar-refractivity contribution in [2.75, 3.05) is 26.2 Å². The lowest BCUT2D eigenvalue weighted by Gasteiger charge is -2.42. The predicted octanol–water partition coefficient (Wildman–Crippen LogP) is 0.749. The Morgan fingerprint density at radius 3 is 2.27 bits per heavy atom. The van der Waals surface area contributed by atoms with Crippen molar-refractivity contribution in [1.82, 2.24) is 20.1 Å². The molecule has 0 bridgehead atoms. The van der Waals surface area contributed by atoms with Crippen LogP contribution in [0.4, 0.5) is 8.78 Å². The zero-order chi connectivity index (χ0) is 21.7. The number of pyridine rings is 1. The van der Waals surface area contributed by atoms with Crippen molar-refractivity contribution in [2.24, 2.45) is 5.73 Å². The lowest BCUT2D eigenvalue weighted by atomic mass is 10.1. The Labute approximate surface area is 171 Å². The fourth-order valence-corrected chi connectivity index (χ4v) is 3.32. The monoisotopic (exact) mass is 417 g/mol. The van der Waals surface area contributed by atoms with Crippen LogP contribution in [-0.4, -0.2) is 64.9 Å². The quantitative estimate of drug-likeness (QED) is 0.746. The van der Waals surface area contributed by atoms with Gasteiger partial charge in [0.2, 0.25) is 0 Å². The van der Waals surface area contributed by atoms with Gasteiger partial charge in [0.15, 0.2) is 6.17 Å². The summed E-state index contributed by atoms with van der Waals surface area (Å²) in [5, 5.41) is 2.58. The molecule has 3 amide bonds. The van der Waals surface area contributed by atoms with Crippen LogP contribution in [0.5, 0.6) is 0 Å². The fraction of sp³-hybridized carbons (Fsp3) is 0.300. The Morgan fingerprint density at radius 1 is 1.07 bits per heavy atom. The SMILES string of the molecule is NCCNC(=O)C1N(C(=O)c2cccnc2)CCCN1C(=O)c1cc(F)cc(F)c1. The second kappa shape index (κ2) is 9.40. The summed E-state index contributed by atoms with van der Waals surface area (Å²) in [4.78, 5) is 45.2. The summed E-state index contributed by atoms with van der Waals surface area (Å²) in [5.74, 6) is -3.68. The Balaban J connectivity index is 1.96. The van der Waals surface area contributed by atoms with Crippen molar-refractivity contribution in [3.8, 4) is 0 Å². The Kier molecular flexibility index (Phi) is 6.68. The molecule has 1 unspecified atom stereocenters. The number of aromatic nitrogens is 1. The van der Waals surface area contributed by atoms with E-state index in [0.29, 0.717) is 12.5 Å². The van der Waals surface area contributed by atoms with Crippen molar-refractivity contribution >= 4 is 17.7 Å². The molecule has 1 aliphatic heterocycles. The number of nitrogens with two attached hydrogens (primary N) is 1. The summed E-state index contributed by atoms with van der Waals surface area (Å²) < 4.78 is 27.3. The van der Waals surface area contributed by atoms with E-state index in [2.05, 4.69) is 10.3 Å². The molecule has 1 aromatic carbocycles. The fourth-order valence-electron chi connectivity index (χ4n) is 3.32. The molecule has 1 aliphatic rings. The molecule has 0 spiro atoms. The predicted molar refractivity (Wildman–Crippen MR) is 103 cm³/mol. The third-order valence-electron chi connectivity index (χ3n) is 4.61. The topological polar surface area (TPSA) is 109 Å². The summed E-state index contributed by atoms with van der Waals surface area (Å²) in [7, 11) is 0. The number of hydrogen-bond donors (Lipinski definition) is 2. The summed E-state index contributed by atoms with van der Waals surface area (Å²) in [6.07, 6.45) is 1.96. The van der Waals surface area contributed by atoms with Crippen LogP contribution >= 0.6 is 0 Å². The summed E-state index contributed by atoms with van der Waals surface area (Å²) >= 11 is 0. The van der Waals surface area contributed by atoms with E-state index in [-0.39, 0.29) is 37.3 Å². The average molecular weight is 417 g/mol. The van der Waals surface area contributed by atoms with E-state index in [4.69, 9.17) is 5.73 Å².